The molecule has 1 unspecified atom stereocenters. The quantitative estimate of drug-likeness (QED) is 0.582. The Kier molecular flexibility index (Phi) is 3.42. The summed E-state index contributed by atoms with van der Waals surface area (Å²) in [5.74, 6) is 0. The third kappa shape index (κ3) is 2.28. The Labute approximate surface area is 138 Å². The molecule has 0 radical (unpaired) electrons. The molecule has 118 valence electrons. The van der Waals surface area contributed by atoms with Crippen molar-refractivity contribution < 1.29 is 0 Å². The van der Waals surface area contributed by atoms with Crippen molar-refractivity contribution >= 4 is 11.0 Å². The van der Waals surface area contributed by atoms with Crippen LogP contribution in [0.3, 0.4) is 0 Å². The lowest BCUT2D eigenvalue weighted by Gasteiger charge is -2.19. The second kappa shape index (κ2) is 5.73. The van der Waals surface area contributed by atoms with E-state index in [-0.39, 0.29) is 11.6 Å². The zero-order valence-electron chi connectivity index (χ0n) is 13.1. The number of hydrogen-bond donors (Lipinski definition) is 0. The standard InChI is InChI=1S/C18H15N5O/c1-13(14-6-2-3-8-16(14)23-11-5-10-21-23)22-12-20-17-15(18(22)24)7-4-9-19-17/h2-13H,1H3. The molecule has 24 heavy (non-hydrogen) atoms. The molecular formula is C18H15N5O. The molecule has 4 aromatic rings. The molecule has 3 aromatic heterocycles. The highest BCUT2D eigenvalue weighted by Crippen LogP contribution is 2.23. The maximum Gasteiger partial charge on any atom is 0.263 e. The molecule has 0 amide bonds. The molecule has 6 nitrogen and oxygen atoms in total. The van der Waals surface area contributed by atoms with Gasteiger partial charge in [0.05, 0.1) is 17.1 Å². The van der Waals surface area contributed by atoms with Crippen molar-refractivity contribution in [2.24, 2.45) is 0 Å². The van der Waals surface area contributed by atoms with Crippen LogP contribution in [0.15, 0.2) is 72.2 Å². The highest BCUT2D eigenvalue weighted by molar-refractivity contribution is 5.72. The largest absolute Gasteiger partial charge is 0.291 e. The summed E-state index contributed by atoms with van der Waals surface area (Å²) in [5.41, 5.74) is 2.30. The van der Waals surface area contributed by atoms with Gasteiger partial charge in [-0.25, -0.2) is 14.6 Å². The van der Waals surface area contributed by atoms with Gasteiger partial charge in [-0.15, -0.1) is 0 Å². The van der Waals surface area contributed by atoms with Crippen LogP contribution in [-0.2, 0) is 0 Å². The highest BCUT2D eigenvalue weighted by atomic mass is 16.1. The van der Waals surface area contributed by atoms with E-state index in [9.17, 15) is 4.79 Å². The predicted octanol–water partition coefficient (Wildman–Crippen LogP) is 2.59. The van der Waals surface area contributed by atoms with E-state index in [0.29, 0.717) is 11.0 Å². The fourth-order valence-corrected chi connectivity index (χ4v) is 2.86. The summed E-state index contributed by atoms with van der Waals surface area (Å²) >= 11 is 0. The summed E-state index contributed by atoms with van der Waals surface area (Å²) in [6.45, 7) is 1.98. The average molecular weight is 317 g/mol. The van der Waals surface area contributed by atoms with Gasteiger partial charge < -0.3 is 0 Å². The van der Waals surface area contributed by atoms with Gasteiger partial charge in [-0.3, -0.25) is 9.36 Å². The van der Waals surface area contributed by atoms with E-state index in [0.717, 1.165) is 11.3 Å². The van der Waals surface area contributed by atoms with Crippen LogP contribution in [0.1, 0.15) is 18.5 Å². The zero-order valence-corrected chi connectivity index (χ0v) is 13.1. The Bertz CT molecular complexity index is 1050. The van der Waals surface area contributed by atoms with E-state index in [1.165, 1.54) is 0 Å². The van der Waals surface area contributed by atoms with Gasteiger partial charge in [0.1, 0.15) is 6.33 Å². The van der Waals surface area contributed by atoms with Gasteiger partial charge in [-0.05, 0) is 31.2 Å². The van der Waals surface area contributed by atoms with Gasteiger partial charge in [0.15, 0.2) is 5.65 Å². The first kappa shape index (κ1) is 14.3. The number of para-hydroxylation sites is 1. The normalized spacial score (nSPS) is 12.4. The van der Waals surface area contributed by atoms with E-state index in [1.54, 1.807) is 40.1 Å². The Morgan fingerprint density at radius 1 is 1.00 bits per heavy atom. The summed E-state index contributed by atoms with van der Waals surface area (Å²) in [6.07, 6.45) is 6.81. The Balaban J connectivity index is 1.88. The van der Waals surface area contributed by atoms with Crippen LogP contribution in [0, 0.1) is 0 Å². The summed E-state index contributed by atoms with van der Waals surface area (Å²) < 4.78 is 3.43. The van der Waals surface area contributed by atoms with Crippen LogP contribution in [-0.4, -0.2) is 24.3 Å². The monoisotopic (exact) mass is 317 g/mol. The summed E-state index contributed by atoms with van der Waals surface area (Å²) in [5, 5.41) is 4.82. The SMILES string of the molecule is CC(c1ccccc1-n1cccn1)n1cnc2ncccc2c1=O. The third-order valence-corrected chi connectivity index (χ3v) is 4.11. The minimum atomic E-state index is -0.185. The molecule has 4 rings (SSSR count). The first-order chi connectivity index (χ1) is 11.8. The summed E-state index contributed by atoms with van der Waals surface area (Å²) in [4.78, 5) is 21.2. The fourth-order valence-electron chi connectivity index (χ4n) is 2.86. The number of nitrogens with zero attached hydrogens (tertiary/aromatic N) is 5. The molecule has 3 heterocycles. The van der Waals surface area contributed by atoms with E-state index in [2.05, 4.69) is 15.1 Å². The van der Waals surface area contributed by atoms with Crippen LogP contribution < -0.4 is 5.56 Å². The molecule has 0 saturated carbocycles. The fraction of sp³-hybridized carbons (Fsp3) is 0.111. The number of benzene rings is 1. The topological polar surface area (TPSA) is 65.6 Å². The number of rotatable bonds is 3. The Morgan fingerprint density at radius 3 is 2.71 bits per heavy atom. The third-order valence-electron chi connectivity index (χ3n) is 4.11. The van der Waals surface area contributed by atoms with Gasteiger partial charge >= 0.3 is 0 Å². The van der Waals surface area contributed by atoms with Crippen molar-refractivity contribution in [2.45, 2.75) is 13.0 Å². The van der Waals surface area contributed by atoms with Crippen LogP contribution >= 0.6 is 0 Å². The number of pyridine rings is 1. The average Bonchev–Trinajstić information content (AvgIpc) is 3.16. The Morgan fingerprint density at radius 2 is 1.88 bits per heavy atom. The lowest BCUT2D eigenvalue weighted by molar-refractivity contribution is 0.603. The van der Waals surface area contributed by atoms with Gasteiger partial charge in [-0.1, -0.05) is 18.2 Å². The van der Waals surface area contributed by atoms with E-state index < -0.39 is 0 Å². The molecule has 0 aliphatic heterocycles. The molecule has 0 fully saturated rings. The van der Waals surface area contributed by atoms with Crippen molar-refractivity contribution in [3.63, 3.8) is 0 Å². The van der Waals surface area contributed by atoms with E-state index in [1.807, 2.05) is 43.5 Å². The van der Waals surface area contributed by atoms with Gasteiger partial charge in [0, 0.05) is 24.2 Å². The van der Waals surface area contributed by atoms with Crippen LogP contribution in [0.5, 0.6) is 0 Å². The Hall–Kier alpha value is -3.28. The second-order valence-electron chi connectivity index (χ2n) is 5.52. The maximum atomic E-state index is 12.8. The van der Waals surface area contributed by atoms with Crippen molar-refractivity contribution in [2.75, 3.05) is 0 Å². The molecule has 1 aromatic carbocycles. The molecule has 0 bridgehead atoms. The van der Waals surface area contributed by atoms with Crippen molar-refractivity contribution in [3.05, 3.63) is 83.3 Å². The maximum absolute atomic E-state index is 12.8. The number of fused-ring (bicyclic) bond motifs is 1. The minimum absolute atomic E-state index is 0.101. The van der Waals surface area contributed by atoms with Gasteiger partial charge in [-0.2, -0.15) is 5.10 Å². The second-order valence-corrected chi connectivity index (χ2v) is 5.52. The summed E-state index contributed by atoms with van der Waals surface area (Å²) in [6, 6.07) is 13.1. The lowest BCUT2D eigenvalue weighted by Crippen LogP contribution is -2.25. The molecule has 0 aliphatic rings. The number of hydrogen-bond acceptors (Lipinski definition) is 4. The van der Waals surface area contributed by atoms with Crippen LogP contribution in [0.25, 0.3) is 16.7 Å². The lowest BCUT2D eigenvalue weighted by atomic mass is 10.1. The number of aromatic nitrogens is 5. The smallest absolute Gasteiger partial charge is 0.263 e. The van der Waals surface area contributed by atoms with Crippen molar-refractivity contribution in [1.29, 1.82) is 0 Å². The van der Waals surface area contributed by atoms with Gasteiger partial charge in [0.25, 0.3) is 5.56 Å². The first-order valence-corrected chi connectivity index (χ1v) is 7.66. The molecule has 0 spiro atoms. The van der Waals surface area contributed by atoms with E-state index >= 15 is 0 Å². The molecule has 0 aliphatic carbocycles. The highest BCUT2D eigenvalue weighted by Gasteiger charge is 2.16. The zero-order chi connectivity index (χ0) is 16.5. The molecule has 0 N–H and O–H groups in total. The van der Waals surface area contributed by atoms with Crippen LogP contribution in [0.2, 0.25) is 0 Å². The van der Waals surface area contributed by atoms with Crippen molar-refractivity contribution in [1.82, 2.24) is 24.3 Å². The molecule has 6 heteroatoms. The minimum Gasteiger partial charge on any atom is -0.291 e. The molecular weight excluding hydrogens is 302 g/mol. The predicted molar refractivity (Wildman–Crippen MR) is 91.2 cm³/mol. The first-order valence-electron chi connectivity index (χ1n) is 7.66. The van der Waals surface area contributed by atoms with E-state index in [4.69, 9.17) is 0 Å². The van der Waals surface area contributed by atoms with Crippen LogP contribution in [0.4, 0.5) is 0 Å². The summed E-state index contributed by atoms with van der Waals surface area (Å²) in [7, 11) is 0. The molecule has 0 saturated heterocycles. The van der Waals surface area contributed by atoms with Gasteiger partial charge in [0.2, 0.25) is 0 Å². The van der Waals surface area contributed by atoms with Crippen molar-refractivity contribution in [3.8, 4) is 5.69 Å². The molecule has 1 atom stereocenters.